The molecule has 39 heavy (non-hydrogen) atoms. The predicted octanol–water partition coefficient (Wildman–Crippen LogP) is 5.71. The summed E-state index contributed by atoms with van der Waals surface area (Å²) in [5.41, 5.74) is 8.91. The molecule has 2 aliphatic heterocycles. The molecule has 4 heterocycles. The molecule has 0 bridgehead atoms. The van der Waals surface area contributed by atoms with Crippen LogP contribution in [0.3, 0.4) is 0 Å². The lowest BCUT2D eigenvalue weighted by Gasteiger charge is -2.28. The number of hydrogen-bond acceptors (Lipinski definition) is 5. The zero-order chi connectivity index (χ0) is 27.4. The predicted molar refractivity (Wildman–Crippen MR) is 154 cm³/mol. The van der Waals surface area contributed by atoms with Gasteiger partial charge < -0.3 is 14.5 Å². The standard InChI is InChI=1S/C16H16N2O2.C16H16N2O/c1-18-15-5-3-11(7-12(15)4-6-16(18)19)13-8-14(20-2)10-17-9-13;1-2-18-15-7-5-12(14-4-3-9-17-11-14)10-13(15)6-8-16(18)19/h3,5,7-10H,4,6H2,1-2H3;3-5,7,9-11H,2,6,8H2,1H3. The zero-order valence-corrected chi connectivity index (χ0v) is 22.6. The fourth-order valence-corrected chi connectivity index (χ4v) is 5.14. The highest BCUT2D eigenvalue weighted by molar-refractivity contribution is 5.97. The van der Waals surface area contributed by atoms with Crippen LogP contribution in [0, 0.1) is 0 Å². The van der Waals surface area contributed by atoms with E-state index in [0.29, 0.717) is 12.8 Å². The molecule has 0 radical (unpaired) electrons. The molecular weight excluding hydrogens is 488 g/mol. The highest BCUT2D eigenvalue weighted by Crippen LogP contribution is 2.33. The summed E-state index contributed by atoms with van der Waals surface area (Å²) in [5, 5.41) is 0. The minimum absolute atomic E-state index is 0.174. The topological polar surface area (TPSA) is 75.6 Å². The van der Waals surface area contributed by atoms with Crippen molar-refractivity contribution in [1.82, 2.24) is 9.97 Å². The van der Waals surface area contributed by atoms with Gasteiger partial charge in [0.05, 0.1) is 13.3 Å². The molecule has 198 valence electrons. The van der Waals surface area contributed by atoms with Gasteiger partial charge in [-0.05, 0) is 84.0 Å². The average Bonchev–Trinajstić information content (AvgIpc) is 2.99. The summed E-state index contributed by atoms with van der Waals surface area (Å²) >= 11 is 0. The summed E-state index contributed by atoms with van der Waals surface area (Å²) in [4.78, 5) is 35.5. The van der Waals surface area contributed by atoms with Gasteiger partial charge in [-0.2, -0.15) is 0 Å². The van der Waals surface area contributed by atoms with E-state index in [9.17, 15) is 9.59 Å². The van der Waals surface area contributed by atoms with Gasteiger partial charge in [0.15, 0.2) is 0 Å². The lowest BCUT2D eigenvalue weighted by Crippen LogP contribution is -2.34. The summed E-state index contributed by atoms with van der Waals surface area (Å²) in [6, 6.07) is 18.4. The van der Waals surface area contributed by atoms with Crippen LogP contribution in [0.2, 0.25) is 0 Å². The third-order valence-corrected chi connectivity index (χ3v) is 7.30. The first-order valence-electron chi connectivity index (χ1n) is 13.2. The fraction of sp³-hybridized carbons (Fsp3) is 0.250. The van der Waals surface area contributed by atoms with E-state index < -0.39 is 0 Å². The Bertz CT molecular complexity index is 1500. The van der Waals surface area contributed by atoms with Crippen LogP contribution in [-0.2, 0) is 22.4 Å². The van der Waals surface area contributed by atoms with Crippen molar-refractivity contribution < 1.29 is 14.3 Å². The van der Waals surface area contributed by atoms with Gasteiger partial charge in [0.1, 0.15) is 5.75 Å². The minimum atomic E-state index is 0.174. The summed E-state index contributed by atoms with van der Waals surface area (Å²) in [7, 11) is 3.46. The number of carbonyl (C=O) groups is 2. The second-order valence-electron chi connectivity index (χ2n) is 9.63. The van der Waals surface area contributed by atoms with Crippen molar-refractivity contribution >= 4 is 23.2 Å². The van der Waals surface area contributed by atoms with Crippen molar-refractivity contribution in [3.63, 3.8) is 0 Å². The second-order valence-corrected chi connectivity index (χ2v) is 9.63. The van der Waals surface area contributed by atoms with Crippen LogP contribution in [0.15, 0.2) is 79.4 Å². The number of carbonyl (C=O) groups excluding carboxylic acids is 2. The fourth-order valence-electron chi connectivity index (χ4n) is 5.14. The number of rotatable bonds is 4. The van der Waals surface area contributed by atoms with Crippen molar-refractivity contribution in [2.75, 3.05) is 30.5 Å². The Kier molecular flexibility index (Phi) is 7.68. The van der Waals surface area contributed by atoms with Gasteiger partial charge >= 0.3 is 0 Å². The van der Waals surface area contributed by atoms with E-state index in [1.165, 1.54) is 11.1 Å². The van der Waals surface area contributed by atoms with Gasteiger partial charge in [-0.25, -0.2) is 0 Å². The smallest absolute Gasteiger partial charge is 0.227 e. The molecular formula is C32H32N4O3. The monoisotopic (exact) mass is 520 g/mol. The van der Waals surface area contributed by atoms with Crippen molar-refractivity contribution in [3.05, 3.63) is 90.5 Å². The number of methoxy groups -OCH3 is 1. The molecule has 6 rings (SSSR count). The van der Waals surface area contributed by atoms with Crippen molar-refractivity contribution in [1.29, 1.82) is 0 Å². The number of aryl methyl sites for hydroxylation is 2. The minimum Gasteiger partial charge on any atom is -0.495 e. The maximum absolute atomic E-state index is 11.9. The van der Waals surface area contributed by atoms with E-state index >= 15 is 0 Å². The molecule has 2 aromatic carbocycles. The maximum Gasteiger partial charge on any atom is 0.227 e. The Balaban J connectivity index is 0.000000158. The molecule has 4 aromatic rings. The van der Waals surface area contributed by atoms with Gasteiger partial charge in [0.25, 0.3) is 0 Å². The SMILES string of the molecule is CCN1C(=O)CCc2cc(-c3cccnc3)ccc21.COc1cncc(-c2ccc3c(c2)CCC(=O)N3C)c1. The molecule has 0 fully saturated rings. The number of amides is 2. The summed E-state index contributed by atoms with van der Waals surface area (Å²) in [6.45, 7) is 2.75. The van der Waals surface area contributed by atoms with E-state index in [0.717, 1.165) is 58.8 Å². The first-order valence-corrected chi connectivity index (χ1v) is 13.2. The highest BCUT2D eigenvalue weighted by Gasteiger charge is 2.23. The largest absolute Gasteiger partial charge is 0.495 e. The third-order valence-electron chi connectivity index (χ3n) is 7.30. The Morgan fingerprint density at radius 3 is 2.10 bits per heavy atom. The van der Waals surface area contributed by atoms with Crippen LogP contribution < -0.4 is 14.5 Å². The Morgan fingerprint density at radius 2 is 1.41 bits per heavy atom. The van der Waals surface area contributed by atoms with Crippen LogP contribution in [-0.4, -0.2) is 42.5 Å². The number of anilines is 2. The van der Waals surface area contributed by atoms with E-state index in [-0.39, 0.29) is 11.8 Å². The third kappa shape index (κ3) is 5.53. The molecule has 7 nitrogen and oxygen atoms in total. The van der Waals surface area contributed by atoms with Crippen molar-refractivity contribution in [2.24, 2.45) is 0 Å². The number of ether oxygens (including phenoxy) is 1. The maximum atomic E-state index is 11.9. The number of pyridine rings is 2. The second kappa shape index (κ2) is 11.5. The van der Waals surface area contributed by atoms with Gasteiger partial charge in [0.2, 0.25) is 11.8 Å². The molecule has 2 aliphatic rings. The Hall–Kier alpha value is -4.52. The van der Waals surface area contributed by atoms with Crippen LogP contribution in [0.4, 0.5) is 11.4 Å². The summed E-state index contributed by atoms with van der Waals surface area (Å²) < 4.78 is 5.20. The Morgan fingerprint density at radius 1 is 0.744 bits per heavy atom. The van der Waals surface area contributed by atoms with Crippen LogP contribution >= 0.6 is 0 Å². The molecule has 7 heteroatoms. The first-order chi connectivity index (χ1) is 19.0. The average molecular weight is 521 g/mol. The van der Waals surface area contributed by atoms with Crippen molar-refractivity contribution in [2.45, 2.75) is 32.6 Å². The number of hydrogen-bond donors (Lipinski definition) is 0. The summed E-state index contributed by atoms with van der Waals surface area (Å²) in [5.74, 6) is 1.14. The van der Waals surface area contributed by atoms with Crippen LogP contribution in [0.25, 0.3) is 22.3 Å². The number of benzene rings is 2. The van der Waals surface area contributed by atoms with Gasteiger partial charge in [-0.1, -0.05) is 18.2 Å². The number of fused-ring (bicyclic) bond motifs is 2. The highest BCUT2D eigenvalue weighted by atomic mass is 16.5. The molecule has 0 unspecified atom stereocenters. The molecule has 0 N–H and O–H groups in total. The van der Waals surface area contributed by atoms with Crippen molar-refractivity contribution in [3.8, 4) is 28.0 Å². The van der Waals surface area contributed by atoms with E-state index in [1.807, 2.05) is 55.5 Å². The molecule has 0 aliphatic carbocycles. The lowest BCUT2D eigenvalue weighted by molar-refractivity contribution is -0.119. The number of nitrogens with zero attached hydrogens (tertiary/aromatic N) is 4. The first kappa shape index (κ1) is 26.1. The van der Waals surface area contributed by atoms with E-state index in [4.69, 9.17) is 4.74 Å². The lowest BCUT2D eigenvalue weighted by atomic mass is 9.96. The molecule has 2 amide bonds. The van der Waals surface area contributed by atoms with Gasteiger partial charge in [-0.15, -0.1) is 0 Å². The Labute approximate surface area is 229 Å². The van der Waals surface area contributed by atoms with Gasteiger partial charge in [0, 0.05) is 62.0 Å². The number of aromatic nitrogens is 2. The molecule has 0 atom stereocenters. The molecule has 0 spiro atoms. The summed E-state index contributed by atoms with van der Waals surface area (Å²) in [6.07, 6.45) is 9.96. The van der Waals surface area contributed by atoms with E-state index in [1.54, 1.807) is 24.4 Å². The quantitative estimate of drug-likeness (QED) is 0.344. The zero-order valence-electron chi connectivity index (χ0n) is 22.6. The van der Waals surface area contributed by atoms with Crippen LogP contribution in [0.5, 0.6) is 5.75 Å². The molecule has 2 aromatic heterocycles. The normalized spacial score (nSPS) is 14.2. The molecule has 0 saturated carbocycles. The van der Waals surface area contributed by atoms with Gasteiger partial charge in [-0.3, -0.25) is 19.6 Å². The van der Waals surface area contributed by atoms with E-state index in [2.05, 4.69) is 40.3 Å². The molecule has 0 saturated heterocycles. The van der Waals surface area contributed by atoms with Crippen LogP contribution in [0.1, 0.15) is 30.9 Å².